The van der Waals surface area contributed by atoms with Crippen LogP contribution in [0.1, 0.15) is 32.6 Å². The molecule has 1 aromatic heterocycles. The second-order valence-electron chi connectivity index (χ2n) is 3.49. The van der Waals surface area contributed by atoms with Crippen molar-refractivity contribution in [3.63, 3.8) is 0 Å². The molecule has 1 N–H and O–H groups in total. The number of aromatic nitrogens is 2. The average Bonchev–Trinajstić information content (AvgIpc) is 2.20. The van der Waals surface area contributed by atoms with E-state index in [0.29, 0.717) is 10.1 Å². The Hall–Kier alpha value is -0.590. The number of unbranched alkanes of at least 4 members (excludes halogenated alkanes) is 3. The Morgan fingerprint density at radius 1 is 1.33 bits per heavy atom. The maximum atomic E-state index is 11.4. The van der Waals surface area contributed by atoms with Gasteiger partial charge in [-0.3, -0.25) is 14.3 Å². The Morgan fingerprint density at radius 2 is 2.07 bits per heavy atom. The summed E-state index contributed by atoms with van der Waals surface area (Å²) >= 11 is 1.93. The minimum Gasteiger partial charge on any atom is -0.300 e. The lowest BCUT2D eigenvalue weighted by Crippen LogP contribution is -2.30. The van der Waals surface area contributed by atoms with Gasteiger partial charge in [0, 0.05) is 12.7 Å². The molecule has 0 spiro atoms. The molecule has 1 rings (SSSR count). The molecule has 0 aliphatic carbocycles. The minimum atomic E-state index is -0.308. The molecule has 0 atom stereocenters. The third-order valence-corrected chi connectivity index (χ3v) is 2.99. The summed E-state index contributed by atoms with van der Waals surface area (Å²) in [5.74, 6) is 0. The molecule has 4 nitrogen and oxygen atoms in total. The lowest BCUT2D eigenvalue weighted by molar-refractivity contribution is 0.558. The van der Waals surface area contributed by atoms with Crippen molar-refractivity contribution in [2.24, 2.45) is 0 Å². The topological polar surface area (TPSA) is 54.9 Å². The third-order valence-electron chi connectivity index (χ3n) is 2.22. The smallest absolute Gasteiger partial charge is 0.300 e. The number of halogens is 1. The number of rotatable bonds is 5. The van der Waals surface area contributed by atoms with E-state index in [2.05, 4.69) is 11.9 Å². The largest absolute Gasteiger partial charge is 0.328 e. The first-order chi connectivity index (χ1) is 7.15. The van der Waals surface area contributed by atoms with Crippen LogP contribution in [-0.2, 0) is 6.54 Å². The molecule has 0 aromatic carbocycles. The summed E-state index contributed by atoms with van der Waals surface area (Å²) < 4.78 is 2.13. The molecule has 0 fully saturated rings. The van der Waals surface area contributed by atoms with Crippen molar-refractivity contribution >= 4 is 22.6 Å². The summed E-state index contributed by atoms with van der Waals surface area (Å²) in [6, 6.07) is 0. The van der Waals surface area contributed by atoms with Crippen LogP contribution in [0.3, 0.4) is 0 Å². The predicted octanol–water partition coefficient (Wildman–Crippen LogP) is 1.72. The van der Waals surface area contributed by atoms with E-state index in [-0.39, 0.29) is 11.2 Å². The van der Waals surface area contributed by atoms with Crippen LogP contribution in [0.2, 0.25) is 0 Å². The van der Waals surface area contributed by atoms with Gasteiger partial charge in [-0.25, -0.2) is 4.79 Å². The van der Waals surface area contributed by atoms with Gasteiger partial charge in [0.25, 0.3) is 5.56 Å². The van der Waals surface area contributed by atoms with E-state index in [9.17, 15) is 9.59 Å². The minimum absolute atomic E-state index is 0.301. The van der Waals surface area contributed by atoms with Crippen LogP contribution in [0.4, 0.5) is 0 Å². The normalized spacial score (nSPS) is 10.5. The Bertz CT molecular complexity index is 422. The van der Waals surface area contributed by atoms with Crippen molar-refractivity contribution < 1.29 is 0 Å². The van der Waals surface area contributed by atoms with E-state index in [0.717, 1.165) is 12.8 Å². The average molecular weight is 322 g/mol. The van der Waals surface area contributed by atoms with Gasteiger partial charge in [-0.05, 0) is 29.0 Å². The molecule has 0 radical (unpaired) electrons. The highest BCUT2D eigenvalue weighted by atomic mass is 127. The summed E-state index contributed by atoms with van der Waals surface area (Å²) in [7, 11) is 0. The van der Waals surface area contributed by atoms with Crippen molar-refractivity contribution in [1.82, 2.24) is 9.55 Å². The number of aryl methyl sites for hydroxylation is 1. The molecule has 0 saturated heterocycles. The van der Waals surface area contributed by atoms with Crippen LogP contribution in [-0.4, -0.2) is 9.55 Å². The third kappa shape index (κ3) is 3.81. The number of H-pyrrole nitrogens is 1. The first kappa shape index (κ1) is 12.5. The second-order valence-corrected chi connectivity index (χ2v) is 4.65. The lowest BCUT2D eigenvalue weighted by Gasteiger charge is -2.04. The fraction of sp³-hybridized carbons (Fsp3) is 0.600. The van der Waals surface area contributed by atoms with Crippen molar-refractivity contribution in [3.05, 3.63) is 30.6 Å². The highest BCUT2D eigenvalue weighted by Crippen LogP contribution is 2.01. The zero-order valence-electron chi connectivity index (χ0n) is 8.75. The zero-order valence-corrected chi connectivity index (χ0v) is 10.9. The Balaban J connectivity index is 2.66. The second kappa shape index (κ2) is 6.09. The maximum absolute atomic E-state index is 11.4. The van der Waals surface area contributed by atoms with Gasteiger partial charge >= 0.3 is 5.69 Å². The fourth-order valence-electron chi connectivity index (χ4n) is 1.36. The van der Waals surface area contributed by atoms with E-state index in [1.165, 1.54) is 12.8 Å². The molecule has 0 aliphatic heterocycles. The number of hydrogen-bond acceptors (Lipinski definition) is 2. The quantitative estimate of drug-likeness (QED) is 0.663. The van der Waals surface area contributed by atoms with E-state index in [1.54, 1.807) is 10.8 Å². The highest BCUT2D eigenvalue weighted by molar-refractivity contribution is 14.1. The summed E-state index contributed by atoms with van der Waals surface area (Å²) in [6.45, 7) is 2.83. The summed E-state index contributed by atoms with van der Waals surface area (Å²) in [6.07, 6.45) is 6.09. The molecular weight excluding hydrogens is 307 g/mol. The van der Waals surface area contributed by atoms with Crippen molar-refractivity contribution in [3.8, 4) is 0 Å². The van der Waals surface area contributed by atoms with Crippen LogP contribution < -0.4 is 11.2 Å². The molecule has 0 aliphatic rings. The first-order valence-corrected chi connectivity index (χ1v) is 6.22. The van der Waals surface area contributed by atoms with Crippen molar-refractivity contribution in [2.75, 3.05) is 0 Å². The Kier molecular flexibility index (Phi) is 5.07. The highest BCUT2D eigenvalue weighted by Gasteiger charge is 2.00. The van der Waals surface area contributed by atoms with Gasteiger partial charge in [-0.1, -0.05) is 26.2 Å². The molecule has 1 heterocycles. The molecular formula is C10H15IN2O2. The molecule has 0 unspecified atom stereocenters. The van der Waals surface area contributed by atoms with Gasteiger partial charge in [-0.2, -0.15) is 0 Å². The van der Waals surface area contributed by atoms with Gasteiger partial charge < -0.3 is 0 Å². The zero-order chi connectivity index (χ0) is 11.3. The van der Waals surface area contributed by atoms with Crippen LogP contribution in [0.5, 0.6) is 0 Å². The van der Waals surface area contributed by atoms with Gasteiger partial charge in [0.05, 0.1) is 3.57 Å². The van der Waals surface area contributed by atoms with Crippen molar-refractivity contribution in [1.29, 1.82) is 0 Å². The fourth-order valence-corrected chi connectivity index (χ4v) is 1.83. The molecule has 84 valence electrons. The van der Waals surface area contributed by atoms with Crippen LogP contribution in [0.25, 0.3) is 0 Å². The summed E-state index contributed by atoms with van der Waals surface area (Å²) in [5, 5.41) is 0. The van der Waals surface area contributed by atoms with Crippen LogP contribution in [0, 0.1) is 3.57 Å². The number of aromatic amines is 1. The first-order valence-electron chi connectivity index (χ1n) is 5.14. The van der Waals surface area contributed by atoms with Gasteiger partial charge in [0.15, 0.2) is 0 Å². The SMILES string of the molecule is CCCCCCn1cc(I)c(=O)[nH]c1=O. The van der Waals surface area contributed by atoms with E-state index < -0.39 is 0 Å². The predicted molar refractivity (Wildman–Crippen MR) is 68.2 cm³/mol. The van der Waals surface area contributed by atoms with Crippen molar-refractivity contribution in [2.45, 2.75) is 39.2 Å². The Labute approximate surface area is 102 Å². The van der Waals surface area contributed by atoms with Crippen LogP contribution >= 0.6 is 22.6 Å². The number of nitrogens with one attached hydrogen (secondary N) is 1. The van der Waals surface area contributed by atoms with Crippen LogP contribution in [0.15, 0.2) is 15.8 Å². The monoisotopic (exact) mass is 322 g/mol. The molecule has 15 heavy (non-hydrogen) atoms. The van der Waals surface area contributed by atoms with Gasteiger partial charge in [0.2, 0.25) is 0 Å². The molecule has 0 saturated carbocycles. The van der Waals surface area contributed by atoms with E-state index >= 15 is 0 Å². The number of nitrogens with zero attached hydrogens (tertiary/aromatic N) is 1. The Morgan fingerprint density at radius 3 is 2.73 bits per heavy atom. The molecule has 0 amide bonds. The van der Waals surface area contributed by atoms with E-state index in [4.69, 9.17) is 0 Å². The standard InChI is InChI=1S/C10H15IN2O2/c1-2-3-4-5-6-13-7-8(11)9(14)12-10(13)15/h7H,2-6H2,1H3,(H,12,14,15). The van der Waals surface area contributed by atoms with Gasteiger partial charge in [-0.15, -0.1) is 0 Å². The van der Waals surface area contributed by atoms with Gasteiger partial charge in [0.1, 0.15) is 0 Å². The molecule has 5 heteroatoms. The molecule has 0 bridgehead atoms. The summed E-state index contributed by atoms with van der Waals surface area (Å²) in [4.78, 5) is 24.7. The molecule has 1 aromatic rings. The summed E-state index contributed by atoms with van der Waals surface area (Å²) in [5.41, 5.74) is -0.609. The lowest BCUT2D eigenvalue weighted by atomic mass is 10.2. The maximum Gasteiger partial charge on any atom is 0.328 e. The number of hydrogen-bond donors (Lipinski definition) is 1. The van der Waals surface area contributed by atoms with E-state index in [1.807, 2.05) is 22.6 Å².